The first kappa shape index (κ1) is 14.5. The van der Waals surface area contributed by atoms with Gasteiger partial charge in [0.25, 0.3) is 0 Å². The van der Waals surface area contributed by atoms with E-state index in [2.05, 4.69) is 15.3 Å². The minimum atomic E-state index is -0.101. The van der Waals surface area contributed by atoms with Crippen LogP contribution in [0.4, 0.5) is 5.95 Å². The van der Waals surface area contributed by atoms with Crippen LogP contribution >= 0.6 is 0 Å². The summed E-state index contributed by atoms with van der Waals surface area (Å²) in [6, 6.07) is 1.65. The molecule has 2 rings (SSSR count). The first-order valence-corrected chi connectivity index (χ1v) is 6.66. The lowest BCUT2D eigenvalue weighted by molar-refractivity contribution is -0.120. The zero-order valence-corrected chi connectivity index (χ0v) is 11.8. The van der Waals surface area contributed by atoms with Crippen LogP contribution in [0.1, 0.15) is 25.7 Å². The Morgan fingerprint density at radius 2 is 1.95 bits per heavy atom. The molecule has 0 radical (unpaired) electrons. The van der Waals surface area contributed by atoms with Gasteiger partial charge in [0, 0.05) is 12.0 Å². The molecule has 1 aliphatic carbocycles. The number of carbonyl (C=O) groups is 1. The Balaban J connectivity index is 2.06. The van der Waals surface area contributed by atoms with Crippen LogP contribution in [0.2, 0.25) is 0 Å². The van der Waals surface area contributed by atoms with Gasteiger partial charge in [0.2, 0.25) is 23.6 Å². The summed E-state index contributed by atoms with van der Waals surface area (Å²) in [6.45, 7) is 0. The molecule has 110 valence electrons. The number of methoxy groups -OCH3 is 2. The third kappa shape index (κ3) is 3.57. The SMILES string of the molecule is COc1cc(OC)nc(NC(=O)C2CCCC(N)C2)n1. The van der Waals surface area contributed by atoms with E-state index in [9.17, 15) is 4.79 Å². The molecule has 1 heterocycles. The molecule has 1 amide bonds. The zero-order chi connectivity index (χ0) is 14.5. The lowest BCUT2D eigenvalue weighted by Gasteiger charge is -2.25. The summed E-state index contributed by atoms with van der Waals surface area (Å²) in [5.41, 5.74) is 5.90. The van der Waals surface area contributed by atoms with Crippen LogP contribution in [-0.2, 0) is 4.79 Å². The number of hydrogen-bond donors (Lipinski definition) is 2. The zero-order valence-electron chi connectivity index (χ0n) is 11.8. The second-order valence-electron chi connectivity index (χ2n) is 4.89. The molecule has 1 aliphatic rings. The number of nitrogens with one attached hydrogen (secondary N) is 1. The highest BCUT2D eigenvalue weighted by Crippen LogP contribution is 2.25. The number of anilines is 1. The Kier molecular flexibility index (Phi) is 4.73. The second-order valence-corrected chi connectivity index (χ2v) is 4.89. The average Bonchev–Trinajstić information content (AvgIpc) is 2.46. The standard InChI is InChI=1S/C13H20N4O3/c1-19-10-7-11(20-2)16-13(15-10)17-12(18)8-4-3-5-9(14)6-8/h7-9H,3-6,14H2,1-2H3,(H,15,16,17,18). The van der Waals surface area contributed by atoms with E-state index in [4.69, 9.17) is 15.2 Å². The van der Waals surface area contributed by atoms with Gasteiger partial charge in [0.05, 0.1) is 20.3 Å². The Labute approximate surface area is 117 Å². The highest BCUT2D eigenvalue weighted by molar-refractivity contribution is 5.91. The smallest absolute Gasteiger partial charge is 0.236 e. The molecule has 0 spiro atoms. The minimum Gasteiger partial charge on any atom is -0.481 e. The highest BCUT2D eigenvalue weighted by atomic mass is 16.5. The number of nitrogens with zero attached hydrogens (tertiary/aromatic N) is 2. The quantitative estimate of drug-likeness (QED) is 0.852. The number of carbonyl (C=O) groups excluding carboxylic acids is 1. The van der Waals surface area contributed by atoms with Crippen molar-refractivity contribution in [2.24, 2.45) is 11.7 Å². The van der Waals surface area contributed by atoms with Crippen LogP contribution in [0.3, 0.4) is 0 Å². The van der Waals surface area contributed by atoms with Gasteiger partial charge in [0.15, 0.2) is 0 Å². The Morgan fingerprint density at radius 3 is 2.50 bits per heavy atom. The van der Waals surface area contributed by atoms with Crippen LogP contribution in [-0.4, -0.2) is 36.1 Å². The Bertz CT molecular complexity index is 458. The molecule has 1 saturated carbocycles. The molecule has 0 aliphatic heterocycles. The van der Waals surface area contributed by atoms with Crippen molar-refractivity contribution in [2.75, 3.05) is 19.5 Å². The van der Waals surface area contributed by atoms with Gasteiger partial charge in [-0.15, -0.1) is 0 Å². The average molecular weight is 280 g/mol. The van der Waals surface area contributed by atoms with Crippen molar-refractivity contribution in [1.82, 2.24) is 9.97 Å². The summed E-state index contributed by atoms with van der Waals surface area (Å²) in [7, 11) is 2.99. The molecule has 1 aromatic rings. The van der Waals surface area contributed by atoms with Crippen molar-refractivity contribution in [3.05, 3.63) is 6.07 Å². The summed E-state index contributed by atoms with van der Waals surface area (Å²) >= 11 is 0. The topological polar surface area (TPSA) is 99.4 Å². The number of ether oxygens (including phenoxy) is 2. The summed E-state index contributed by atoms with van der Waals surface area (Å²) in [4.78, 5) is 20.3. The Hall–Kier alpha value is -1.89. The van der Waals surface area contributed by atoms with Gasteiger partial charge >= 0.3 is 0 Å². The molecule has 20 heavy (non-hydrogen) atoms. The van der Waals surface area contributed by atoms with Crippen molar-refractivity contribution in [3.63, 3.8) is 0 Å². The monoisotopic (exact) mass is 280 g/mol. The summed E-state index contributed by atoms with van der Waals surface area (Å²) < 4.78 is 10.1. The fourth-order valence-corrected chi connectivity index (χ4v) is 2.35. The van der Waals surface area contributed by atoms with Gasteiger partial charge in [-0.1, -0.05) is 6.42 Å². The van der Waals surface area contributed by atoms with E-state index in [0.717, 1.165) is 19.3 Å². The van der Waals surface area contributed by atoms with Crippen molar-refractivity contribution < 1.29 is 14.3 Å². The number of aromatic nitrogens is 2. The first-order chi connectivity index (χ1) is 9.62. The maximum atomic E-state index is 12.2. The number of rotatable bonds is 4. The van der Waals surface area contributed by atoms with Gasteiger partial charge in [-0.2, -0.15) is 9.97 Å². The molecule has 7 nitrogen and oxygen atoms in total. The largest absolute Gasteiger partial charge is 0.481 e. The lowest BCUT2D eigenvalue weighted by Crippen LogP contribution is -2.34. The third-order valence-corrected chi connectivity index (χ3v) is 3.42. The van der Waals surface area contributed by atoms with Gasteiger partial charge < -0.3 is 15.2 Å². The molecular weight excluding hydrogens is 260 g/mol. The summed E-state index contributed by atoms with van der Waals surface area (Å²) in [6.07, 6.45) is 3.50. The van der Waals surface area contributed by atoms with Gasteiger partial charge in [0.1, 0.15) is 0 Å². The van der Waals surface area contributed by atoms with Crippen molar-refractivity contribution in [3.8, 4) is 11.8 Å². The van der Waals surface area contributed by atoms with Gasteiger partial charge in [-0.05, 0) is 19.3 Å². The third-order valence-electron chi connectivity index (χ3n) is 3.42. The van der Waals surface area contributed by atoms with E-state index in [1.54, 1.807) is 6.07 Å². The van der Waals surface area contributed by atoms with Gasteiger partial charge in [-0.3, -0.25) is 10.1 Å². The molecule has 1 fully saturated rings. The minimum absolute atomic E-state index is 0.0838. The number of nitrogens with two attached hydrogens (primary N) is 1. The molecule has 7 heteroatoms. The maximum Gasteiger partial charge on any atom is 0.236 e. The molecule has 0 bridgehead atoms. The molecule has 1 aromatic heterocycles. The number of amides is 1. The maximum absolute atomic E-state index is 12.2. The van der Waals surface area contributed by atoms with Crippen molar-refractivity contribution >= 4 is 11.9 Å². The number of hydrogen-bond acceptors (Lipinski definition) is 6. The molecule has 2 atom stereocenters. The van der Waals surface area contributed by atoms with Crippen LogP contribution < -0.4 is 20.5 Å². The van der Waals surface area contributed by atoms with E-state index < -0.39 is 0 Å². The second kappa shape index (κ2) is 6.51. The predicted molar refractivity (Wildman–Crippen MR) is 73.7 cm³/mol. The first-order valence-electron chi connectivity index (χ1n) is 6.66. The van der Waals surface area contributed by atoms with Crippen molar-refractivity contribution in [1.29, 1.82) is 0 Å². The van der Waals surface area contributed by atoms with Crippen LogP contribution in [0, 0.1) is 5.92 Å². The fraction of sp³-hybridized carbons (Fsp3) is 0.615. The highest BCUT2D eigenvalue weighted by Gasteiger charge is 2.26. The Morgan fingerprint density at radius 1 is 1.30 bits per heavy atom. The lowest BCUT2D eigenvalue weighted by atomic mass is 9.85. The summed E-state index contributed by atoms with van der Waals surface area (Å²) in [5.74, 6) is 0.681. The normalized spacial score (nSPS) is 22.1. The molecule has 0 saturated heterocycles. The van der Waals surface area contributed by atoms with E-state index in [-0.39, 0.29) is 23.8 Å². The molecular formula is C13H20N4O3. The van der Waals surface area contributed by atoms with E-state index >= 15 is 0 Å². The van der Waals surface area contributed by atoms with Crippen molar-refractivity contribution in [2.45, 2.75) is 31.7 Å². The molecule has 2 unspecified atom stereocenters. The molecule has 0 aromatic carbocycles. The van der Waals surface area contributed by atoms with E-state index in [1.165, 1.54) is 14.2 Å². The van der Waals surface area contributed by atoms with E-state index in [0.29, 0.717) is 18.2 Å². The fourth-order valence-electron chi connectivity index (χ4n) is 2.35. The van der Waals surface area contributed by atoms with Gasteiger partial charge in [-0.25, -0.2) is 0 Å². The van der Waals surface area contributed by atoms with Crippen LogP contribution in [0.25, 0.3) is 0 Å². The van der Waals surface area contributed by atoms with Crippen LogP contribution in [0.5, 0.6) is 11.8 Å². The molecule has 3 N–H and O–H groups in total. The van der Waals surface area contributed by atoms with Crippen LogP contribution in [0.15, 0.2) is 6.07 Å². The van der Waals surface area contributed by atoms with E-state index in [1.807, 2.05) is 0 Å². The summed E-state index contributed by atoms with van der Waals surface area (Å²) in [5, 5.41) is 2.70. The predicted octanol–water partition coefficient (Wildman–Crippen LogP) is 0.950.